The molecule has 4 N–H and O–H groups in total. The van der Waals surface area contributed by atoms with E-state index in [1.807, 2.05) is 0 Å². The molecule has 5 rings (SSSR count). The van der Waals surface area contributed by atoms with Crippen molar-refractivity contribution < 1.29 is 28.2 Å². The summed E-state index contributed by atoms with van der Waals surface area (Å²) >= 11 is 1.22. The Morgan fingerprint density at radius 2 is 1.93 bits per heavy atom. The van der Waals surface area contributed by atoms with Crippen molar-refractivity contribution in [3.8, 4) is 22.0 Å². The topological polar surface area (TPSA) is 163 Å². The van der Waals surface area contributed by atoms with Crippen molar-refractivity contribution >= 4 is 28.9 Å². The van der Waals surface area contributed by atoms with Gasteiger partial charge in [-0.15, -0.1) is 11.3 Å². The van der Waals surface area contributed by atoms with Gasteiger partial charge in [-0.3, -0.25) is 14.3 Å². The summed E-state index contributed by atoms with van der Waals surface area (Å²) in [6, 6.07) is 2.00. The smallest absolute Gasteiger partial charge is 0.321 e. The molecule has 4 aromatic heterocycles. The molecule has 218 valence electrons. The Morgan fingerprint density at radius 1 is 1.17 bits per heavy atom. The van der Waals surface area contributed by atoms with E-state index in [0.29, 0.717) is 10.6 Å². The number of hydrogen-bond acceptors (Lipinski definition) is 10. The van der Waals surface area contributed by atoms with Crippen LogP contribution in [0.4, 0.5) is 14.5 Å². The van der Waals surface area contributed by atoms with E-state index in [9.17, 15) is 18.4 Å². The molecule has 0 atom stereocenters. The SMILES string of the molecule is CCO.NCC(=O)OCn1cc(-c2nc(C(=O)Nc3cn(C4CCCCC4)nc3-c3nc(F)ccc3F)cs2)cn1. The minimum atomic E-state index is -0.853. The number of aliphatic hydroxyl groups is 1. The van der Waals surface area contributed by atoms with Gasteiger partial charge in [-0.2, -0.15) is 14.6 Å². The summed E-state index contributed by atoms with van der Waals surface area (Å²) in [5.74, 6) is -2.71. The molecule has 0 unspecified atom stereocenters. The number of nitrogens with two attached hydrogens (primary N) is 1. The minimum Gasteiger partial charge on any atom is -0.441 e. The van der Waals surface area contributed by atoms with Crippen molar-refractivity contribution in [2.75, 3.05) is 18.5 Å². The zero-order valence-electron chi connectivity index (χ0n) is 22.3. The second-order valence-corrected chi connectivity index (χ2v) is 9.91. The lowest BCUT2D eigenvalue weighted by atomic mass is 9.96. The van der Waals surface area contributed by atoms with Gasteiger partial charge in [0.2, 0.25) is 5.95 Å². The summed E-state index contributed by atoms with van der Waals surface area (Å²) in [5.41, 5.74) is 5.94. The Kier molecular flexibility index (Phi) is 10.2. The van der Waals surface area contributed by atoms with E-state index >= 15 is 0 Å². The Morgan fingerprint density at radius 3 is 2.66 bits per heavy atom. The fraction of sp³-hybridized carbons (Fsp3) is 0.385. The van der Waals surface area contributed by atoms with Gasteiger partial charge in [-0.25, -0.2) is 19.0 Å². The molecule has 1 amide bonds. The molecule has 1 aliphatic rings. The molecule has 0 saturated heterocycles. The molecule has 0 radical (unpaired) electrons. The number of nitrogens with one attached hydrogen (secondary N) is 1. The number of ether oxygens (including phenoxy) is 1. The number of amides is 1. The van der Waals surface area contributed by atoms with Gasteiger partial charge in [0.25, 0.3) is 5.91 Å². The highest BCUT2D eigenvalue weighted by Gasteiger charge is 2.24. The van der Waals surface area contributed by atoms with E-state index < -0.39 is 23.6 Å². The van der Waals surface area contributed by atoms with Gasteiger partial charge in [0.15, 0.2) is 12.5 Å². The zero-order valence-corrected chi connectivity index (χ0v) is 23.1. The zero-order chi connectivity index (χ0) is 29.4. The van der Waals surface area contributed by atoms with Crippen molar-refractivity contribution in [1.82, 2.24) is 29.5 Å². The molecular formula is C26H30F2N8O4S. The predicted octanol–water partition coefficient (Wildman–Crippen LogP) is 3.76. The van der Waals surface area contributed by atoms with Crippen molar-refractivity contribution in [1.29, 1.82) is 0 Å². The number of thiazole rings is 1. The van der Waals surface area contributed by atoms with Crippen LogP contribution in [0.2, 0.25) is 0 Å². The lowest BCUT2D eigenvalue weighted by molar-refractivity contribution is -0.146. The second-order valence-electron chi connectivity index (χ2n) is 9.05. The first-order chi connectivity index (χ1) is 19.8. The molecule has 0 bridgehead atoms. The third-order valence-electron chi connectivity index (χ3n) is 6.11. The molecule has 1 saturated carbocycles. The van der Waals surface area contributed by atoms with Crippen LogP contribution in [0, 0.1) is 11.8 Å². The maximum Gasteiger partial charge on any atom is 0.321 e. The Bertz CT molecular complexity index is 1480. The van der Waals surface area contributed by atoms with Gasteiger partial charge in [0.1, 0.15) is 22.1 Å². The average molecular weight is 589 g/mol. The van der Waals surface area contributed by atoms with Crippen molar-refractivity contribution in [3.63, 3.8) is 0 Å². The maximum atomic E-state index is 14.6. The number of esters is 1. The number of halogens is 2. The molecule has 1 aliphatic carbocycles. The highest BCUT2D eigenvalue weighted by molar-refractivity contribution is 7.13. The van der Waals surface area contributed by atoms with Crippen LogP contribution in [0.1, 0.15) is 55.6 Å². The second kappa shape index (κ2) is 14.0. The van der Waals surface area contributed by atoms with Gasteiger partial charge in [0.05, 0.1) is 24.5 Å². The number of carbonyl (C=O) groups excluding carboxylic acids is 2. The molecule has 41 heavy (non-hydrogen) atoms. The van der Waals surface area contributed by atoms with E-state index in [1.165, 1.54) is 22.2 Å². The van der Waals surface area contributed by atoms with Crippen LogP contribution < -0.4 is 11.1 Å². The first kappa shape index (κ1) is 29.9. The van der Waals surface area contributed by atoms with Crippen LogP contribution in [0.15, 0.2) is 36.1 Å². The summed E-state index contributed by atoms with van der Waals surface area (Å²) in [4.78, 5) is 32.4. The predicted molar refractivity (Wildman–Crippen MR) is 147 cm³/mol. The monoisotopic (exact) mass is 588 g/mol. The van der Waals surface area contributed by atoms with Gasteiger partial charge in [-0.1, -0.05) is 19.3 Å². The van der Waals surface area contributed by atoms with Crippen LogP contribution in [-0.2, 0) is 16.3 Å². The number of aliphatic hydroxyl groups excluding tert-OH is 1. The highest BCUT2D eigenvalue weighted by Crippen LogP contribution is 2.34. The molecule has 15 heteroatoms. The highest BCUT2D eigenvalue weighted by atomic mass is 32.1. The summed E-state index contributed by atoms with van der Waals surface area (Å²) < 4.78 is 36.5. The van der Waals surface area contributed by atoms with Crippen LogP contribution in [0.25, 0.3) is 22.0 Å². The van der Waals surface area contributed by atoms with Gasteiger partial charge < -0.3 is 20.9 Å². The first-order valence-corrected chi connectivity index (χ1v) is 13.9. The summed E-state index contributed by atoms with van der Waals surface area (Å²) in [6.45, 7) is 1.59. The third-order valence-corrected chi connectivity index (χ3v) is 7.00. The van der Waals surface area contributed by atoms with Crippen LogP contribution in [-0.4, -0.2) is 59.7 Å². The van der Waals surface area contributed by atoms with Crippen LogP contribution >= 0.6 is 11.3 Å². The fourth-order valence-electron chi connectivity index (χ4n) is 4.21. The lowest BCUT2D eigenvalue weighted by Gasteiger charge is -2.21. The van der Waals surface area contributed by atoms with Gasteiger partial charge >= 0.3 is 5.97 Å². The van der Waals surface area contributed by atoms with Gasteiger partial charge in [-0.05, 0) is 31.9 Å². The van der Waals surface area contributed by atoms with Crippen LogP contribution in [0.5, 0.6) is 0 Å². The van der Waals surface area contributed by atoms with Crippen molar-refractivity contribution in [2.45, 2.75) is 51.8 Å². The number of carbonyl (C=O) groups is 2. The number of rotatable bonds is 8. The molecular weight excluding hydrogens is 558 g/mol. The normalized spacial score (nSPS) is 13.4. The molecule has 4 aromatic rings. The number of pyridine rings is 1. The van der Waals surface area contributed by atoms with Crippen molar-refractivity contribution in [3.05, 3.63) is 53.6 Å². The average Bonchev–Trinajstić information content (AvgIpc) is 3.74. The lowest BCUT2D eigenvalue weighted by Crippen LogP contribution is -2.18. The number of anilines is 1. The Hall–Kier alpha value is -4.08. The summed E-state index contributed by atoms with van der Waals surface area (Å²) in [6.07, 6.45) is 9.82. The van der Waals surface area contributed by atoms with E-state index in [-0.39, 0.29) is 48.7 Å². The largest absolute Gasteiger partial charge is 0.441 e. The molecule has 12 nitrogen and oxygen atoms in total. The summed E-state index contributed by atoms with van der Waals surface area (Å²) in [5, 5.41) is 21.0. The molecule has 0 spiro atoms. The quantitative estimate of drug-likeness (QED) is 0.205. The number of aromatic nitrogens is 6. The maximum absolute atomic E-state index is 14.6. The molecule has 0 aliphatic heterocycles. The standard InChI is InChI=1S/C24H24F2N8O3S.C2H6O/c25-16-6-7-19(26)31-21(16)22-17(11-34(32-22)15-4-2-1-3-5-15)29-23(36)18-12-38-24(30-18)14-9-28-33(10-14)13-37-20(35)8-27;1-2-3/h6-7,9-12,15H,1-5,8,13,27H2,(H,29,36);3H,2H2,1H3. The third kappa shape index (κ3) is 7.56. The first-order valence-electron chi connectivity index (χ1n) is 13.0. The molecule has 4 heterocycles. The molecule has 0 aromatic carbocycles. The molecule has 1 fully saturated rings. The Balaban J connectivity index is 0.00000124. The van der Waals surface area contributed by atoms with E-state index in [0.717, 1.165) is 44.2 Å². The Labute approximate surface area is 238 Å². The van der Waals surface area contributed by atoms with E-state index in [4.69, 9.17) is 15.6 Å². The van der Waals surface area contributed by atoms with Crippen molar-refractivity contribution in [2.24, 2.45) is 5.73 Å². The number of hydrogen-bond donors (Lipinski definition) is 3. The fourth-order valence-corrected chi connectivity index (χ4v) is 4.99. The number of nitrogens with zero attached hydrogens (tertiary/aromatic N) is 6. The summed E-state index contributed by atoms with van der Waals surface area (Å²) in [7, 11) is 0. The van der Waals surface area contributed by atoms with Gasteiger partial charge in [0, 0.05) is 29.9 Å². The van der Waals surface area contributed by atoms with Crippen LogP contribution in [0.3, 0.4) is 0 Å². The van der Waals surface area contributed by atoms with E-state index in [1.54, 1.807) is 29.4 Å². The minimum absolute atomic E-state index is 0.0460. The van der Waals surface area contributed by atoms with E-state index in [2.05, 4.69) is 25.5 Å².